The van der Waals surface area contributed by atoms with Gasteiger partial charge >= 0.3 is 5.97 Å². The van der Waals surface area contributed by atoms with Gasteiger partial charge in [0, 0.05) is 19.4 Å². The summed E-state index contributed by atoms with van der Waals surface area (Å²) in [5.74, 6) is 3.09. The van der Waals surface area contributed by atoms with Gasteiger partial charge in [-0.3, -0.25) is 4.79 Å². The minimum absolute atomic E-state index is 0.152. The molecule has 4 heteroatoms. The van der Waals surface area contributed by atoms with Crippen molar-refractivity contribution in [2.45, 2.75) is 117 Å². The van der Waals surface area contributed by atoms with Crippen LogP contribution in [-0.2, 0) is 14.3 Å². The molecule has 35 heavy (non-hydrogen) atoms. The number of hydrogen-bond acceptors (Lipinski definition) is 4. The zero-order valence-electron chi connectivity index (χ0n) is 23.5. The van der Waals surface area contributed by atoms with E-state index in [-0.39, 0.29) is 17.5 Å². The molecule has 0 saturated heterocycles. The maximum atomic E-state index is 11.8. The summed E-state index contributed by atoms with van der Waals surface area (Å²) in [4.78, 5) is 11.8. The monoisotopic (exact) mass is 485 g/mol. The van der Waals surface area contributed by atoms with Crippen molar-refractivity contribution in [3.05, 3.63) is 11.1 Å². The molecule has 0 heterocycles. The number of allylic oxidation sites excluding steroid dienone is 1. The predicted molar refractivity (Wildman–Crippen MR) is 141 cm³/mol. The molecule has 9 atom stereocenters. The lowest BCUT2D eigenvalue weighted by atomic mass is 9.37. The fourth-order valence-corrected chi connectivity index (χ4v) is 11.1. The zero-order valence-corrected chi connectivity index (χ0v) is 23.5. The standard InChI is InChI=1S/C31H51NO3/c1-19(2)21-10-16-31(18-34-7)17-11-23-22(27(21)31)8-9-24-28(23,4)14-12-25-29(24,5)15-13-26(30(25,6)32)35-20(3)33/h19,22-26H,8-18,32H2,1-7H3/t22?,23?,24?,25?,26?,28?,29?,30-,31?/m0/s1. The molecule has 198 valence electrons. The van der Waals surface area contributed by atoms with Crippen LogP contribution < -0.4 is 5.73 Å². The molecular weight excluding hydrogens is 434 g/mol. The average Bonchev–Trinajstić information content (AvgIpc) is 3.15. The molecule has 4 nitrogen and oxygen atoms in total. The highest BCUT2D eigenvalue weighted by Gasteiger charge is 2.66. The third-order valence-electron chi connectivity index (χ3n) is 12.4. The number of carbonyl (C=O) groups is 1. The number of fused-ring (bicyclic) bond motifs is 7. The number of esters is 1. The van der Waals surface area contributed by atoms with Crippen LogP contribution in [0.2, 0.25) is 0 Å². The lowest BCUT2D eigenvalue weighted by molar-refractivity contribution is -0.195. The normalized spacial score (nSPS) is 49.2. The third kappa shape index (κ3) is 3.62. The Kier molecular flexibility index (Phi) is 6.32. The summed E-state index contributed by atoms with van der Waals surface area (Å²) in [6.07, 6.45) is 12.2. The van der Waals surface area contributed by atoms with E-state index in [1.807, 2.05) is 12.7 Å². The number of nitrogens with two attached hydrogens (primary N) is 1. The first kappa shape index (κ1) is 25.8. The number of ether oxygens (including phenoxy) is 2. The zero-order chi connectivity index (χ0) is 25.4. The summed E-state index contributed by atoms with van der Waals surface area (Å²) >= 11 is 0. The van der Waals surface area contributed by atoms with E-state index >= 15 is 0 Å². The van der Waals surface area contributed by atoms with E-state index in [9.17, 15) is 4.79 Å². The van der Waals surface area contributed by atoms with Crippen molar-refractivity contribution in [2.24, 2.45) is 51.6 Å². The number of rotatable bonds is 4. The smallest absolute Gasteiger partial charge is 0.302 e. The Labute approximate surface area is 214 Å². The van der Waals surface area contributed by atoms with E-state index in [4.69, 9.17) is 15.2 Å². The van der Waals surface area contributed by atoms with Crippen LogP contribution in [0.4, 0.5) is 0 Å². The Hall–Kier alpha value is -0.870. The minimum atomic E-state index is -0.449. The van der Waals surface area contributed by atoms with E-state index in [1.165, 1.54) is 51.9 Å². The Morgan fingerprint density at radius 3 is 2.34 bits per heavy atom. The van der Waals surface area contributed by atoms with Crippen LogP contribution in [-0.4, -0.2) is 31.3 Å². The summed E-state index contributed by atoms with van der Waals surface area (Å²) in [6.45, 7) is 14.7. The summed E-state index contributed by atoms with van der Waals surface area (Å²) in [7, 11) is 1.90. The van der Waals surface area contributed by atoms with Crippen LogP contribution in [0.3, 0.4) is 0 Å². The van der Waals surface area contributed by atoms with Gasteiger partial charge in [0.05, 0.1) is 12.1 Å². The molecule has 4 saturated carbocycles. The highest BCUT2D eigenvalue weighted by Crippen LogP contribution is 2.72. The first-order chi connectivity index (χ1) is 16.4. The molecule has 0 aromatic heterocycles. The molecule has 5 aliphatic rings. The maximum absolute atomic E-state index is 11.8. The number of hydrogen-bond donors (Lipinski definition) is 1. The molecule has 0 aliphatic heterocycles. The van der Waals surface area contributed by atoms with Gasteiger partial charge in [-0.15, -0.1) is 0 Å². The van der Waals surface area contributed by atoms with Gasteiger partial charge < -0.3 is 15.2 Å². The minimum Gasteiger partial charge on any atom is -0.461 e. The second-order valence-corrected chi connectivity index (χ2v) is 14.3. The molecule has 2 N–H and O–H groups in total. The second-order valence-electron chi connectivity index (χ2n) is 14.3. The molecule has 4 fully saturated rings. The lowest BCUT2D eigenvalue weighted by Crippen LogP contribution is -2.68. The summed E-state index contributed by atoms with van der Waals surface area (Å²) in [6, 6.07) is 0. The van der Waals surface area contributed by atoms with Gasteiger partial charge in [-0.25, -0.2) is 0 Å². The van der Waals surface area contributed by atoms with Crippen molar-refractivity contribution < 1.29 is 14.3 Å². The van der Waals surface area contributed by atoms with Crippen LogP contribution in [0.15, 0.2) is 11.1 Å². The molecule has 0 bridgehead atoms. The van der Waals surface area contributed by atoms with Crippen molar-refractivity contribution in [3.8, 4) is 0 Å². The van der Waals surface area contributed by atoms with Gasteiger partial charge in [0.2, 0.25) is 0 Å². The first-order valence-electron chi connectivity index (χ1n) is 14.6. The molecule has 5 aliphatic carbocycles. The number of methoxy groups -OCH3 is 1. The molecule has 5 rings (SSSR count). The Bertz CT molecular complexity index is 892. The highest BCUT2D eigenvalue weighted by atomic mass is 16.5. The van der Waals surface area contributed by atoms with Crippen LogP contribution in [0.1, 0.15) is 106 Å². The van der Waals surface area contributed by atoms with E-state index in [0.29, 0.717) is 28.6 Å². The molecule has 0 radical (unpaired) electrons. The molecule has 0 spiro atoms. The fourth-order valence-electron chi connectivity index (χ4n) is 11.1. The van der Waals surface area contributed by atoms with Crippen LogP contribution in [0.25, 0.3) is 0 Å². The number of carbonyl (C=O) groups excluding carboxylic acids is 1. The molecule has 8 unspecified atom stereocenters. The van der Waals surface area contributed by atoms with Gasteiger partial charge in [0.1, 0.15) is 6.10 Å². The average molecular weight is 486 g/mol. The van der Waals surface area contributed by atoms with Crippen molar-refractivity contribution in [3.63, 3.8) is 0 Å². The molecule has 0 aromatic rings. The van der Waals surface area contributed by atoms with E-state index in [0.717, 1.165) is 37.7 Å². The van der Waals surface area contributed by atoms with E-state index in [1.54, 1.807) is 5.57 Å². The topological polar surface area (TPSA) is 61.5 Å². The summed E-state index contributed by atoms with van der Waals surface area (Å²) in [5, 5.41) is 0. The van der Waals surface area contributed by atoms with Crippen molar-refractivity contribution in [2.75, 3.05) is 13.7 Å². The van der Waals surface area contributed by atoms with Crippen LogP contribution >= 0.6 is 0 Å². The molecule has 0 aromatic carbocycles. The van der Waals surface area contributed by atoms with Gasteiger partial charge in [-0.05, 0) is 112 Å². The molecular formula is C31H51NO3. The van der Waals surface area contributed by atoms with Crippen LogP contribution in [0, 0.1) is 45.8 Å². The Balaban J connectivity index is 1.48. The first-order valence-corrected chi connectivity index (χ1v) is 14.6. The van der Waals surface area contributed by atoms with Gasteiger partial charge in [-0.1, -0.05) is 38.8 Å². The third-order valence-corrected chi connectivity index (χ3v) is 12.4. The van der Waals surface area contributed by atoms with Gasteiger partial charge in [0.25, 0.3) is 0 Å². The quantitative estimate of drug-likeness (QED) is 0.357. The van der Waals surface area contributed by atoms with E-state index < -0.39 is 5.54 Å². The van der Waals surface area contributed by atoms with Gasteiger partial charge in [0.15, 0.2) is 0 Å². The summed E-state index contributed by atoms with van der Waals surface area (Å²) in [5.41, 5.74) is 11.2. The highest BCUT2D eigenvalue weighted by molar-refractivity contribution is 5.66. The van der Waals surface area contributed by atoms with Crippen LogP contribution in [0.5, 0.6) is 0 Å². The largest absolute Gasteiger partial charge is 0.461 e. The second kappa shape index (κ2) is 8.58. The SMILES string of the molecule is COCC12CCC(C(C)C)=C1C1CCC3C(C)(CCC4C3(C)CCC(OC(C)=O)[C@@]4(C)N)C1CC2. The lowest BCUT2D eigenvalue weighted by Gasteiger charge is -2.68. The Morgan fingerprint density at radius 2 is 1.69 bits per heavy atom. The van der Waals surface area contributed by atoms with Crippen molar-refractivity contribution >= 4 is 5.97 Å². The predicted octanol–water partition coefficient (Wildman–Crippen LogP) is 6.67. The van der Waals surface area contributed by atoms with Gasteiger partial charge in [-0.2, -0.15) is 0 Å². The van der Waals surface area contributed by atoms with Crippen molar-refractivity contribution in [1.29, 1.82) is 0 Å². The maximum Gasteiger partial charge on any atom is 0.302 e. The molecule has 0 amide bonds. The summed E-state index contributed by atoms with van der Waals surface area (Å²) < 4.78 is 11.7. The van der Waals surface area contributed by atoms with E-state index in [2.05, 4.69) is 34.6 Å². The fraction of sp³-hybridized carbons (Fsp3) is 0.903. The Morgan fingerprint density at radius 1 is 0.971 bits per heavy atom. The van der Waals surface area contributed by atoms with Crippen molar-refractivity contribution in [1.82, 2.24) is 0 Å².